The molecular formula is C19H23NO3. The van der Waals surface area contributed by atoms with Crippen molar-refractivity contribution in [3.63, 3.8) is 0 Å². The molecule has 4 nitrogen and oxygen atoms in total. The van der Waals surface area contributed by atoms with E-state index < -0.39 is 6.10 Å². The fourth-order valence-electron chi connectivity index (χ4n) is 2.40. The van der Waals surface area contributed by atoms with Crippen molar-refractivity contribution in [2.24, 2.45) is 0 Å². The Balaban J connectivity index is 2.27. The summed E-state index contributed by atoms with van der Waals surface area (Å²) < 4.78 is 11.2. The fourth-order valence-corrected chi connectivity index (χ4v) is 2.40. The Morgan fingerprint density at radius 2 is 1.87 bits per heavy atom. The van der Waals surface area contributed by atoms with Crippen LogP contribution in [0.2, 0.25) is 0 Å². The first kappa shape index (κ1) is 16.9. The molecule has 1 atom stereocenters. The van der Waals surface area contributed by atoms with Gasteiger partial charge in [-0.1, -0.05) is 25.0 Å². The molecule has 0 saturated heterocycles. The topological polar surface area (TPSA) is 61.5 Å². The van der Waals surface area contributed by atoms with Crippen LogP contribution in [0, 0.1) is 6.92 Å². The monoisotopic (exact) mass is 313 g/mol. The van der Waals surface area contributed by atoms with Crippen molar-refractivity contribution < 1.29 is 14.3 Å². The molecule has 0 aliphatic rings. The van der Waals surface area contributed by atoms with Crippen LogP contribution in [0.1, 0.15) is 35.7 Å². The first-order valence-electron chi connectivity index (χ1n) is 7.76. The highest BCUT2D eigenvalue weighted by Gasteiger charge is 2.24. The molecule has 4 heteroatoms. The zero-order chi connectivity index (χ0) is 16.8. The van der Waals surface area contributed by atoms with Gasteiger partial charge in [-0.15, -0.1) is 0 Å². The van der Waals surface area contributed by atoms with E-state index in [2.05, 4.69) is 0 Å². The number of benzene rings is 2. The molecule has 2 aromatic carbocycles. The average Bonchev–Trinajstić information content (AvgIpc) is 2.55. The molecule has 0 amide bonds. The number of hydrogen-bond donors (Lipinski definition) is 1. The summed E-state index contributed by atoms with van der Waals surface area (Å²) in [6.45, 7) is 3.98. The van der Waals surface area contributed by atoms with Crippen LogP contribution in [-0.2, 0) is 0 Å². The van der Waals surface area contributed by atoms with Crippen molar-refractivity contribution in [2.45, 2.75) is 32.8 Å². The number of anilines is 1. The van der Waals surface area contributed by atoms with E-state index in [1.54, 1.807) is 31.4 Å². The van der Waals surface area contributed by atoms with Crippen LogP contribution in [0.4, 0.5) is 5.69 Å². The third-order valence-corrected chi connectivity index (χ3v) is 3.62. The van der Waals surface area contributed by atoms with Crippen LogP contribution < -0.4 is 15.2 Å². The summed E-state index contributed by atoms with van der Waals surface area (Å²) in [5.41, 5.74) is 7.91. The highest BCUT2D eigenvalue weighted by molar-refractivity contribution is 6.02. The van der Waals surface area contributed by atoms with Crippen LogP contribution in [-0.4, -0.2) is 19.0 Å². The minimum absolute atomic E-state index is 0.0655. The van der Waals surface area contributed by atoms with Crippen molar-refractivity contribution in [2.75, 3.05) is 12.8 Å². The maximum absolute atomic E-state index is 12.9. The Labute approximate surface area is 137 Å². The van der Waals surface area contributed by atoms with Crippen molar-refractivity contribution in [3.05, 3.63) is 53.6 Å². The van der Waals surface area contributed by atoms with Gasteiger partial charge in [0.25, 0.3) is 0 Å². The summed E-state index contributed by atoms with van der Waals surface area (Å²) in [5, 5.41) is 0. The van der Waals surface area contributed by atoms with Crippen LogP contribution in [0.25, 0.3) is 0 Å². The van der Waals surface area contributed by atoms with E-state index in [4.69, 9.17) is 15.2 Å². The number of carbonyl (C=O) groups excluding carboxylic acids is 1. The lowest BCUT2D eigenvalue weighted by Gasteiger charge is -2.19. The van der Waals surface area contributed by atoms with Gasteiger partial charge in [-0.2, -0.15) is 0 Å². The minimum Gasteiger partial charge on any atom is -0.496 e. The second kappa shape index (κ2) is 7.68. The quantitative estimate of drug-likeness (QED) is 0.619. The molecule has 0 bridgehead atoms. The lowest BCUT2D eigenvalue weighted by Crippen LogP contribution is -2.28. The van der Waals surface area contributed by atoms with E-state index in [9.17, 15) is 4.79 Å². The molecule has 0 heterocycles. The summed E-state index contributed by atoms with van der Waals surface area (Å²) >= 11 is 0. The Bertz CT molecular complexity index is 665. The Hall–Kier alpha value is -2.49. The van der Waals surface area contributed by atoms with Gasteiger partial charge in [0.1, 0.15) is 11.5 Å². The van der Waals surface area contributed by atoms with Crippen LogP contribution in [0.5, 0.6) is 11.5 Å². The van der Waals surface area contributed by atoms with E-state index in [-0.39, 0.29) is 5.78 Å². The molecule has 2 aromatic rings. The lowest BCUT2D eigenvalue weighted by atomic mass is 10.00. The zero-order valence-corrected chi connectivity index (χ0v) is 13.8. The number of nitrogen functional groups attached to an aromatic ring is 1. The predicted molar refractivity (Wildman–Crippen MR) is 92.2 cm³/mol. The van der Waals surface area contributed by atoms with E-state index in [0.29, 0.717) is 29.2 Å². The molecular weight excluding hydrogens is 290 g/mol. The summed E-state index contributed by atoms with van der Waals surface area (Å²) in [6.07, 6.45) is 0.944. The van der Waals surface area contributed by atoms with E-state index >= 15 is 0 Å². The number of Topliss-reactive ketones (excluding diaryl/α,β-unsaturated/α-hetero) is 1. The van der Waals surface area contributed by atoms with Crippen molar-refractivity contribution in [3.8, 4) is 11.5 Å². The summed E-state index contributed by atoms with van der Waals surface area (Å²) in [4.78, 5) is 12.9. The van der Waals surface area contributed by atoms with Gasteiger partial charge in [0.05, 0.1) is 12.7 Å². The second-order valence-corrected chi connectivity index (χ2v) is 5.53. The lowest BCUT2D eigenvalue weighted by molar-refractivity contribution is 0.0774. The minimum atomic E-state index is -0.542. The number of ether oxygens (including phenoxy) is 2. The molecule has 122 valence electrons. The number of aryl methyl sites for hydroxylation is 1. The molecule has 0 aliphatic heterocycles. The predicted octanol–water partition coefficient (Wildman–Crippen LogP) is 4.02. The maximum atomic E-state index is 12.9. The molecule has 0 spiro atoms. The molecule has 1 unspecified atom stereocenters. The van der Waals surface area contributed by atoms with Gasteiger partial charge in [0.15, 0.2) is 6.10 Å². The van der Waals surface area contributed by atoms with Crippen molar-refractivity contribution >= 4 is 11.5 Å². The number of methoxy groups -OCH3 is 1. The molecule has 2 N–H and O–H groups in total. The maximum Gasteiger partial charge on any atom is 0.207 e. The molecule has 2 rings (SSSR count). The van der Waals surface area contributed by atoms with Crippen molar-refractivity contribution in [1.29, 1.82) is 0 Å². The van der Waals surface area contributed by atoms with Gasteiger partial charge in [-0.3, -0.25) is 4.79 Å². The Morgan fingerprint density at radius 3 is 2.48 bits per heavy atom. The van der Waals surface area contributed by atoms with Gasteiger partial charge in [0.2, 0.25) is 5.78 Å². The molecule has 0 aliphatic carbocycles. The number of nitrogens with two attached hydrogens (primary N) is 1. The summed E-state index contributed by atoms with van der Waals surface area (Å²) in [7, 11) is 1.57. The average molecular weight is 313 g/mol. The van der Waals surface area contributed by atoms with Crippen LogP contribution in [0.15, 0.2) is 42.5 Å². The highest BCUT2D eigenvalue weighted by atomic mass is 16.5. The van der Waals surface area contributed by atoms with E-state index in [0.717, 1.165) is 12.0 Å². The van der Waals surface area contributed by atoms with Crippen LogP contribution >= 0.6 is 0 Å². The van der Waals surface area contributed by atoms with Gasteiger partial charge in [0, 0.05) is 5.69 Å². The first-order chi connectivity index (χ1) is 11.0. The first-order valence-corrected chi connectivity index (χ1v) is 7.76. The van der Waals surface area contributed by atoms with Gasteiger partial charge >= 0.3 is 0 Å². The van der Waals surface area contributed by atoms with Crippen molar-refractivity contribution in [1.82, 2.24) is 0 Å². The standard InChI is InChI=1S/C19H23NO3/c1-4-5-18(23-15-9-7-14(20)8-10-15)19(21)16-12-13(2)6-11-17(16)22-3/h6-12,18H,4-5,20H2,1-3H3. The number of hydrogen-bond acceptors (Lipinski definition) is 4. The zero-order valence-electron chi connectivity index (χ0n) is 13.8. The van der Waals surface area contributed by atoms with Gasteiger partial charge in [-0.25, -0.2) is 0 Å². The third-order valence-electron chi connectivity index (χ3n) is 3.62. The van der Waals surface area contributed by atoms with E-state index in [1.807, 2.05) is 32.0 Å². The normalized spacial score (nSPS) is 11.8. The molecule has 23 heavy (non-hydrogen) atoms. The SMILES string of the molecule is CCCC(Oc1ccc(N)cc1)C(=O)c1cc(C)ccc1OC. The van der Waals surface area contributed by atoms with Gasteiger partial charge in [-0.05, 0) is 49.7 Å². The second-order valence-electron chi connectivity index (χ2n) is 5.53. The molecule has 0 radical (unpaired) electrons. The van der Waals surface area contributed by atoms with Crippen LogP contribution in [0.3, 0.4) is 0 Å². The number of rotatable bonds is 7. The number of carbonyl (C=O) groups is 1. The summed E-state index contributed by atoms with van der Waals surface area (Å²) in [6, 6.07) is 12.7. The van der Waals surface area contributed by atoms with Gasteiger partial charge < -0.3 is 15.2 Å². The molecule has 0 aromatic heterocycles. The largest absolute Gasteiger partial charge is 0.496 e. The third kappa shape index (κ3) is 4.25. The smallest absolute Gasteiger partial charge is 0.207 e. The number of ketones is 1. The molecule has 0 fully saturated rings. The fraction of sp³-hybridized carbons (Fsp3) is 0.316. The Kier molecular flexibility index (Phi) is 5.63. The Morgan fingerprint density at radius 1 is 1.17 bits per heavy atom. The highest BCUT2D eigenvalue weighted by Crippen LogP contribution is 2.25. The van der Waals surface area contributed by atoms with E-state index in [1.165, 1.54) is 0 Å². The summed E-state index contributed by atoms with van der Waals surface area (Å²) in [5.74, 6) is 1.14. The molecule has 0 saturated carbocycles.